The lowest BCUT2D eigenvalue weighted by molar-refractivity contribution is -0.0211. The summed E-state index contributed by atoms with van der Waals surface area (Å²) < 4.78 is 5.54. The molecule has 0 saturated carbocycles. The van der Waals surface area contributed by atoms with E-state index in [9.17, 15) is 5.11 Å². The van der Waals surface area contributed by atoms with Crippen molar-refractivity contribution in [2.75, 3.05) is 18.1 Å². The van der Waals surface area contributed by atoms with E-state index in [2.05, 4.69) is 6.92 Å². The zero-order valence-electron chi connectivity index (χ0n) is 8.10. The van der Waals surface area contributed by atoms with Crippen LogP contribution < -0.4 is 0 Å². The second kappa shape index (κ2) is 4.66. The quantitative estimate of drug-likeness (QED) is 0.845. The minimum Gasteiger partial charge on any atom is -0.385 e. The third kappa shape index (κ3) is 2.31. The van der Waals surface area contributed by atoms with E-state index in [1.165, 1.54) is 4.88 Å². The Hall–Kier alpha value is -0.0300. The third-order valence-electron chi connectivity index (χ3n) is 2.25. The van der Waals surface area contributed by atoms with Gasteiger partial charge in [-0.15, -0.1) is 11.3 Å². The van der Waals surface area contributed by atoms with E-state index in [1.807, 2.05) is 23.9 Å². The molecule has 1 aliphatic heterocycles. The molecule has 2 unspecified atom stereocenters. The van der Waals surface area contributed by atoms with Gasteiger partial charge in [-0.1, -0.05) is 0 Å². The number of hydrogen-bond donors (Lipinski definition) is 1. The molecular formula is C10H14O2S2. The van der Waals surface area contributed by atoms with E-state index in [0.29, 0.717) is 0 Å². The van der Waals surface area contributed by atoms with Gasteiger partial charge in [-0.05, 0) is 19.1 Å². The molecule has 2 nitrogen and oxygen atoms in total. The Labute approximate surface area is 92.3 Å². The predicted molar refractivity (Wildman–Crippen MR) is 61.1 cm³/mol. The highest BCUT2D eigenvalue weighted by Crippen LogP contribution is 2.29. The van der Waals surface area contributed by atoms with Gasteiger partial charge in [0.1, 0.15) is 6.10 Å². The van der Waals surface area contributed by atoms with Gasteiger partial charge < -0.3 is 9.84 Å². The molecule has 2 atom stereocenters. The molecule has 0 amide bonds. The smallest absolute Gasteiger partial charge is 0.115 e. The second-order valence-corrected chi connectivity index (χ2v) is 5.85. The van der Waals surface area contributed by atoms with Crippen LogP contribution in [-0.2, 0) is 4.74 Å². The van der Waals surface area contributed by atoms with Gasteiger partial charge in [0.2, 0.25) is 0 Å². The van der Waals surface area contributed by atoms with Crippen molar-refractivity contribution in [1.82, 2.24) is 0 Å². The third-order valence-corrected chi connectivity index (χ3v) is 4.34. The van der Waals surface area contributed by atoms with Crippen LogP contribution in [0.15, 0.2) is 12.1 Å². The maximum Gasteiger partial charge on any atom is 0.115 e. The first-order valence-corrected chi connectivity index (χ1v) is 6.68. The molecule has 1 N–H and O–H groups in total. The van der Waals surface area contributed by atoms with Crippen molar-refractivity contribution in [3.8, 4) is 0 Å². The van der Waals surface area contributed by atoms with Gasteiger partial charge in [0, 0.05) is 21.3 Å². The van der Waals surface area contributed by atoms with Crippen LogP contribution in [0.3, 0.4) is 0 Å². The SMILES string of the molecule is Cc1ccc(C(O)C2CSCCO2)s1. The topological polar surface area (TPSA) is 29.5 Å². The fourth-order valence-corrected chi connectivity index (χ4v) is 3.29. The minimum atomic E-state index is -0.443. The zero-order valence-corrected chi connectivity index (χ0v) is 9.74. The number of aliphatic hydroxyl groups is 1. The Morgan fingerprint density at radius 2 is 2.43 bits per heavy atom. The highest BCUT2D eigenvalue weighted by Gasteiger charge is 2.25. The first-order chi connectivity index (χ1) is 6.77. The summed E-state index contributed by atoms with van der Waals surface area (Å²) in [5.41, 5.74) is 0. The van der Waals surface area contributed by atoms with Crippen molar-refractivity contribution in [2.45, 2.75) is 19.1 Å². The van der Waals surface area contributed by atoms with E-state index >= 15 is 0 Å². The van der Waals surface area contributed by atoms with Crippen LogP contribution in [0.4, 0.5) is 0 Å². The van der Waals surface area contributed by atoms with Crippen molar-refractivity contribution in [1.29, 1.82) is 0 Å². The highest BCUT2D eigenvalue weighted by molar-refractivity contribution is 7.99. The number of thiophene rings is 1. The fourth-order valence-electron chi connectivity index (χ4n) is 1.48. The van der Waals surface area contributed by atoms with E-state index in [0.717, 1.165) is 23.0 Å². The summed E-state index contributed by atoms with van der Waals surface area (Å²) >= 11 is 3.50. The minimum absolute atomic E-state index is 0.0215. The lowest BCUT2D eigenvalue weighted by Gasteiger charge is -2.26. The molecular weight excluding hydrogens is 216 g/mol. The predicted octanol–water partition coefficient (Wildman–Crippen LogP) is 2.22. The zero-order chi connectivity index (χ0) is 9.97. The molecule has 4 heteroatoms. The molecule has 14 heavy (non-hydrogen) atoms. The summed E-state index contributed by atoms with van der Waals surface area (Å²) in [4.78, 5) is 2.26. The lowest BCUT2D eigenvalue weighted by Crippen LogP contribution is -2.29. The van der Waals surface area contributed by atoms with Gasteiger partial charge in [-0.3, -0.25) is 0 Å². The van der Waals surface area contributed by atoms with Crippen molar-refractivity contribution in [3.63, 3.8) is 0 Å². The van der Waals surface area contributed by atoms with E-state index in [1.54, 1.807) is 11.3 Å². The van der Waals surface area contributed by atoms with Gasteiger partial charge >= 0.3 is 0 Å². The molecule has 1 saturated heterocycles. The Kier molecular flexibility index (Phi) is 3.49. The number of rotatable bonds is 2. The first-order valence-electron chi connectivity index (χ1n) is 4.71. The van der Waals surface area contributed by atoms with Gasteiger partial charge in [0.25, 0.3) is 0 Å². The van der Waals surface area contributed by atoms with Crippen molar-refractivity contribution >= 4 is 23.1 Å². The number of ether oxygens (including phenoxy) is 1. The Morgan fingerprint density at radius 1 is 1.57 bits per heavy atom. The normalized spacial score (nSPS) is 24.9. The molecule has 1 fully saturated rings. The number of hydrogen-bond acceptors (Lipinski definition) is 4. The monoisotopic (exact) mass is 230 g/mol. The molecule has 78 valence electrons. The molecule has 0 spiro atoms. The fraction of sp³-hybridized carbons (Fsp3) is 0.600. The standard InChI is InChI=1S/C10H14O2S2/c1-7-2-3-9(14-7)10(11)8-6-13-5-4-12-8/h2-3,8,10-11H,4-6H2,1H3. The van der Waals surface area contributed by atoms with Gasteiger partial charge in [-0.2, -0.15) is 11.8 Å². The molecule has 2 rings (SSSR count). The molecule has 2 heterocycles. The van der Waals surface area contributed by atoms with Crippen molar-refractivity contribution in [2.24, 2.45) is 0 Å². The van der Waals surface area contributed by atoms with Crippen LogP contribution in [0.2, 0.25) is 0 Å². The molecule has 0 aliphatic carbocycles. The van der Waals surface area contributed by atoms with E-state index in [4.69, 9.17) is 4.74 Å². The van der Waals surface area contributed by atoms with Crippen LogP contribution in [0.1, 0.15) is 15.9 Å². The molecule has 0 bridgehead atoms. The van der Waals surface area contributed by atoms with E-state index in [-0.39, 0.29) is 6.10 Å². The van der Waals surface area contributed by atoms with Gasteiger partial charge in [-0.25, -0.2) is 0 Å². The lowest BCUT2D eigenvalue weighted by atomic mass is 10.2. The van der Waals surface area contributed by atoms with Crippen LogP contribution >= 0.6 is 23.1 Å². The maximum atomic E-state index is 10.0. The summed E-state index contributed by atoms with van der Waals surface area (Å²) in [6.07, 6.45) is -0.465. The summed E-state index contributed by atoms with van der Waals surface area (Å²) in [7, 11) is 0. The molecule has 1 aromatic heterocycles. The van der Waals surface area contributed by atoms with Crippen LogP contribution in [0.5, 0.6) is 0 Å². The average Bonchev–Trinajstić information content (AvgIpc) is 2.65. The average molecular weight is 230 g/mol. The van der Waals surface area contributed by atoms with Crippen LogP contribution in [0.25, 0.3) is 0 Å². The number of aliphatic hydroxyl groups excluding tert-OH is 1. The maximum absolute atomic E-state index is 10.0. The second-order valence-electron chi connectivity index (χ2n) is 3.38. The van der Waals surface area contributed by atoms with Crippen LogP contribution in [-0.4, -0.2) is 29.3 Å². The number of aryl methyl sites for hydroxylation is 1. The summed E-state index contributed by atoms with van der Waals surface area (Å²) in [6, 6.07) is 4.03. The highest BCUT2D eigenvalue weighted by atomic mass is 32.2. The molecule has 0 radical (unpaired) electrons. The summed E-state index contributed by atoms with van der Waals surface area (Å²) in [5.74, 6) is 1.95. The largest absolute Gasteiger partial charge is 0.385 e. The summed E-state index contributed by atoms with van der Waals surface area (Å²) in [5, 5.41) is 10.0. The summed E-state index contributed by atoms with van der Waals surface area (Å²) in [6.45, 7) is 2.81. The Balaban J connectivity index is 2.03. The number of thioether (sulfide) groups is 1. The Morgan fingerprint density at radius 3 is 3.00 bits per heavy atom. The van der Waals surface area contributed by atoms with Crippen molar-refractivity contribution < 1.29 is 9.84 Å². The van der Waals surface area contributed by atoms with Crippen molar-refractivity contribution in [3.05, 3.63) is 21.9 Å². The molecule has 0 aromatic carbocycles. The van der Waals surface area contributed by atoms with Gasteiger partial charge in [0.05, 0.1) is 12.7 Å². The first kappa shape index (κ1) is 10.5. The molecule has 1 aliphatic rings. The van der Waals surface area contributed by atoms with Gasteiger partial charge in [0.15, 0.2) is 0 Å². The molecule has 1 aromatic rings. The van der Waals surface area contributed by atoms with Crippen LogP contribution in [0, 0.1) is 6.92 Å². The van der Waals surface area contributed by atoms with E-state index < -0.39 is 6.10 Å². The Bertz CT molecular complexity index is 292.